The summed E-state index contributed by atoms with van der Waals surface area (Å²) in [5.74, 6) is -0.0462. The number of nitrogens with zero attached hydrogens (tertiary/aromatic N) is 3. The first-order chi connectivity index (χ1) is 19.9. The number of unbranched alkanes of at least 4 members (excludes halogenated alkanes) is 1. The number of likely N-dealkylation sites (tertiary alicyclic amines) is 1. The first-order valence-electron chi connectivity index (χ1n) is 14.1. The molecular formula is C30H39ClN4O7. The largest absolute Gasteiger partial charge is 0.497 e. The van der Waals surface area contributed by atoms with Crippen LogP contribution in [-0.4, -0.2) is 77.9 Å². The number of halogens is 1. The van der Waals surface area contributed by atoms with E-state index in [1.54, 1.807) is 25.3 Å². The van der Waals surface area contributed by atoms with Crippen LogP contribution >= 0.6 is 11.6 Å². The van der Waals surface area contributed by atoms with E-state index >= 15 is 0 Å². The van der Waals surface area contributed by atoms with Crippen molar-refractivity contribution >= 4 is 40.6 Å². The van der Waals surface area contributed by atoms with Gasteiger partial charge in [-0.1, -0.05) is 38.4 Å². The molecule has 1 saturated heterocycles. The Morgan fingerprint density at radius 1 is 1.19 bits per heavy atom. The number of hydrogen-bond acceptors (Lipinski definition) is 9. The van der Waals surface area contributed by atoms with Gasteiger partial charge in [0, 0.05) is 12.5 Å². The van der Waals surface area contributed by atoms with Crippen molar-refractivity contribution in [2.24, 2.45) is 11.3 Å². The predicted octanol–water partition coefficient (Wildman–Crippen LogP) is 4.70. The summed E-state index contributed by atoms with van der Waals surface area (Å²) in [6.45, 7) is 9.28. The number of fused-ring (bicyclic) bond motifs is 1. The van der Waals surface area contributed by atoms with Gasteiger partial charge in [0.15, 0.2) is 5.15 Å². The van der Waals surface area contributed by atoms with Gasteiger partial charge in [-0.15, -0.1) is 6.58 Å². The molecule has 12 heteroatoms. The second-order valence-electron chi connectivity index (χ2n) is 11.8. The van der Waals surface area contributed by atoms with E-state index in [2.05, 4.69) is 21.9 Å². The number of benzene rings is 1. The highest BCUT2D eigenvalue weighted by atomic mass is 35.5. The Morgan fingerprint density at radius 2 is 1.95 bits per heavy atom. The monoisotopic (exact) mass is 602 g/mol. The van der Waals surface area contributed by atoms with Gasteiger partial charge in [0.25, 0.3) is 5.88 Å². The summed E-state index contributed by atoms with van der Waals surface area (Å²) in [5, 5.41) is 2.81. The molecule has 1 saturated carbocycles. The third kappa shape index (κ3) is 7.42. The standard InChI is InChI=1S/C30H39ClN4O7/c1-7-8-9-10-17-13-23(17)42-29(38)34-24(30(2,3)4)27(36)35-16-19(15-22(35)28(37)40-6)41-26-25(31)32-20-12-11-18(39-5)14-21(20)33-26/h7,11-12,14,17,19,22-24H,1,8-10,13,15-16H2,2-6H3,(H,34,38). The second kappa shape index (κ2) is 13.1. The molecule has 2 fully saturated rings. The summed E-state index contributed by atoms with van der Waals surface area (Å²) >= 11 is 6.37. The Bertz CT molecular complexity index is 1330. The summed E-state index contributed by atoms with van der Waals surface area (Å²) in [5.41, 5.74) is 0.386. The number of ether oxygens (including phenoxy) is 4. The lowest BCUT2D eigenvalue weighted by Gasteiger charge is -2.34. The van der Waals surface area contributed by atoms with Crippen molar-refractivity contribution in [3.8, 4) is 11.6 Å². The average Bonchev–Trinajstić information content (AvgIpc) is 3.54. The molecule has 1 aromatic carbocycles. The third-order valence-corrected chi connectivity index (χ3v) is 7.82. The minimum absolute atomic E-state index is 0.0457. The first-order valence-corrected chi connectivity index (χ1v) is 14.5. The number of carbonyl (C=O) groups is 3. The lowest BCUT2D eigenvalue weighted by atomic mass is 9.85. The lowest BCUT2D eigenvalue weighted by molar-refractivity contribution is -0.152. The van der Waals surface area contributed by atoms with Crippen LogP contribution in [0.4, 0.5) is 4.79 Å². The number of nitrogens with one attached hydrogen (secondary N) is 1. The van der Waals surface area contributed by atoms with Crippen molar-refractivity contribution in [3.63, 3.8) is 0 Å². The van der Waals surface area contributed by atoms with Gasteiger partial charge in [-0.05, 0) is 49.1 Å². The molecule has 1 aliphatic heterocycles. The van der Waals surface area contributed by atoms with Crippen LogP contribution in [0.2, 0.25) is 5.15 Å². The number of allylic oxidation sites excluding steroid dienone is 1. The number of methoxy groups -OCH3 is 2. The van der Waals surface area contributed by atoms with Crippen molar-refractivity contribution in [2.75, 3.05) is 20.8 Å². The van der Waals surface area contributed by atoms with Crippen molar-refractivity contribution < 1.29 is 33.3 Å². The van der Waals surface area contributed by atoms with E-state index in [-0.39, 0.29) is 30.1 Å². The molecule has 11 nitrogen and oxygen atoms in total. The molecule has 2 aromatic rings. The van der Waals surface area contributed by atoms with Gasteiger partial charge in [0.05, 0.1) is 31.8 Å². The van der Waals surface area contributed by atoms with Gasteiger partial charge >= 0.3 is 12.1 Å². The highest BCUT2D eigenvalue weighted by Gasteiger charge is 2.47. The number of esters is 1. The summed E-state index contributed by atoms with van der Waals surface area (Å²) in [4.78, 5) is 49.8. The van der Waals surface area contributed by atoms with E-state index in [9.17, 15) is 14.4 Å². The highest BCUT2D eigenvalue weighted by molar-refractivity contribution is 6.31. The topological polar surface area (TPSA) is 129 Å². The quantitative estimate of drug-likeness (QED) is 0.221. The molecule has 1 aromatic heterocycles. The summed E-state index contributed by atoms with van der Waals surface area (Å²) in [6.07, 6.45) is 4.25. The first kappa shape index (κ1) is 31.3. The van der Waals surface area contributed by atoms with Gasteiger partial charge in [-0.2, -0.15) is 0 Å². The molecule has 1 N–H and O–H groups in total. The molecule has 5 unspecified atom stereocenters. The maximum absolute atomic E-state index is 13.9. The van der Waals surface area contributed by atoms with Crippen molar-refractivity contribution in [1.29, 1.82) is 0 Å². The summed E-state index contributed by atoms with van der Waals surface area (Å²) in [7, 11) is 2.81. The molecule has 1 aliphatic carbocycles. The van der Waals surface area contributed by atoms with E-state index in [4.69, 9.17) is 30.5 Å². The lowest BCUT2D eigenvalue weighted by Crippen LogP contribution is -2.57. The Morgan fingerprint density at radius 3 is 2.62 bits per heavy atom. The SMILES string of the molecule is C=CCCCC1CC1OC(=O)NC(C(=O)N1CC(Oc2nc3cc(OC)ccc3nc2Cl)CC1C(=O)OC)C(C)(C)C. The molecule has 0 spiro atoms. The smallest absolute Gasteiger partial charge is 0.408 e. The number of aromatic nitrogens is 2. The molecule has 228 valence electrons. The van der Waals surface area contributed by atoms with Gasteiger partial charge < -0.3 is 29.2 Å². The minimum Gasteiger partial charge on any atom is -0.497 e. The molecular weight excluding hydrogens is 564 g/mol. The molecule has 5 atom stereocenters. The number of alkyl carbamates (subject to hydrolysis) is 1. The zero-order chi connectivity index (χ0) is 30.6. The van der Waals surface area contributed by atoms with E-state index < -0.39 is 41.6 Å². The number of amides is 2. The Hall–Kier alpha value is -3.60. The average molecular weight is 603 g/mol. The van der Waals surface area contributed by atoms with Crippen LogP contribution in [0.3, 0.4) is 0 Å². The van der Waals surface area contributed by atoms with Crippen molar-refractivity contribution in [2.45, 2.75) is 77.2 Å². The summed E-state index contributed by atoms with van der Waals surface area (Å²) < 4.78 is 22.0. The molecule has 2 amide bonds. The van der Waals surface area contributed by atoms with Gasteiger partial charge in [-0.25, -0.2) is 19.6 Å². The predicted molar refractivity (Wildman–Crippen MR) is 156 cm³/mol. The number of hydrogen-bond donors (Lipinski definition) is 1. The zero-order valence-corrected chi connectivity index (χ0v) is 25.5. The van der Waals surface area contributed by atoms with Gasteiger partial charge in [0.2, 0.25) is 5.91 Å². The maximum atomic E-state index is 13.9. The van der Waals surface area contributed by atoms with Crippen LogP contribution < -0.4 is 14.8 Å². The zero-order valence-electron chi connectivity index (χ0n) is 24.7. The summed E-state index contributed by atoms with van der Waals surface area (Å²) in [6, 6.07) is 3.29. The van der Waals surface area contributed by atoms with Crippen LogP contribution in [0, 0.1) is 11.3 Å². The molecule has 2 aliphatic rings. The van der Waals surface area contributed by atoms with E-state index in [1.807, 2.05) is 26.8 Å². The molecule has 4 rings (SSSR count). The number of carbonyl (C=O) groups excluding carboxylic acids is 3. The van der Waals surface area contributed by atoms with Crippen LogP contribution in [0.25, 0.3) is 11.0 Å². The number of rotatable bonds is 11. The molecule has 0 radical (unpaired) electrons. The highest BCUT2D eigenvalue weighted by Crippen LogP contribution is 2.38. The molecule has 0 bridgehead atoms. The van der Waals surface area contributed by atoms with Gasteiger partial charge in [0.1, 0.15) is 30.0 Å². The van der Waals surface area contributed by atoms with Crippen LogP contribution in [0.15, 0.2) is 30.9 Å². The van der Waals surface area contributed by atoms with E-state index in [1.165, 1.54) is 12.0 Å². The fourth-order valence-corrected chi connectivity index (χ4v) is 5.32. The van der Waals surface area contributed by atoms with Gasteiger partial charge in [-0.3, -0.25) is 4.79 Å². The van der Waals surface area contributed by atoms with Crippen molar-refractivity contribution in [3.05, 3.63) is 36.0 Å². The van der Waals surface area contributed by atoms with Crippen molar-refractivity contribution in [1.82, 2.24) is 20.2 Å². The molecule has 2 heterocycles. The Balaban J connectivity index is 1.47. The third-order valence-electron chi connectivity index (χ3n) is 7.57. The Kier molecular flexibility index (Phi) is 9.81. The molecule has 42 heavy (non-hydrogen) atoms. The fraction of sp³-hybridized carbons (Fsp3) is 0.567. The Labute approximate surface area is 250 Å². The van der Waals surface area contributed by atoms with E-state index in [0.717, 1.165) is 25.7 Å². The van der Waals surface area contributed by atoms with Crippen LogP contribution in [-0.2, 0) is 19.1 Å². The maximum Gasteiger partial charge on any atom is 0.408 e. The second-order valence-corrected chi connectivity index (χ2v) is 12.1. The van der Waals surface area contributed by atoms with E-state index in [0.29, 0.717) is 22.7 Å². The van der Waals surface area contributed by atoms with Crippen LogP contribution in [0.1, 0.15) is 52.9 Å². The van der Waals surface area contributed by atoms with Crippen LogP contribution in [0.5, 0.6) is 11.6 Å². The fourth-order valence-electron chi connectivity index (χ4n) is 5.14. The minimum atomic E-state index is -0.967. The normalized spacial score (nSPS) is 22.3.